The quantitative estimate of drug-likeness (QED) is 0.535. The molecule has 2 fully saturated rings. The molecule has 1 spiro atoms. The number of hydrogen-bond acceptors (Lipinski definition) is 2. The third-order valence-electron chi connectivity index (χ3n) is 6.66. The number of rotatable bonds is 6. The molecule has 2 nitrogen and oxygen atoms in total. The Balaban J connectivity index is 1.16. The van der Waals surface area contributed by atoms with Crippen LogP contribution >= 0.6 is 11.6 Å². The van der Waals surface area contributed by atoms with E-state index in [0.29, 0.717) is 11.6 Å². The summed E-state index contributed by atoms with van der Waals surface area (Å²) in [4.78, 5) is 2.25. The number of hydrogen-bond donors (Lipinski definition) is 0. The highest BCUT2D eigenvalue weighted by Gasteiger charge is 2.61. The minimum atomic E-state index is -2.42. The van der Waals surface area contributed by atoms with Crippen molar-refractivity contribution in [2.24, 2.45) is 5.41 Å². The Hall–Kier alpha value is -1.65. The van der Waals surface area contributed by atoms with Gasteiger partial charge in [-0.15, -0.1) is 0 Å². The van der Waals surface area contributed by atoms with Crippen LogP contribution in [0.5, 0.6) is 5.75 Å². The largest absolute Gasteiger partial charge is 0.492 e. The number of alkyl halides is 2. The highest BCUT2D eigenvalue weighted by Crippen LogP contribution is 2.56. The van der Waals surface area contributed by atoms with E-state index >= 15 is 0 Å². The molecule has 0 N–H and O–H groups in total. The van der Waals surface area contributed by atoms with Gasteiger partial charge in [0, 0.05) is 43.5 Å². The molecule has 29 heavy (non-hydrogen) atoms. The smallest absolute Gasteiger partial charge is 0.249 e. The maximum atomic E-state index is 13.1. The highest BCUT2D eigenvalue weighted by atomic mass is 35.5. The van der Waals surface area contributed by atoms with E-state index in [4.69, 9.17) is 16.3 Å². The minimum absolute atomic E-state index is 0.0680. The van der Waals surface area contributed by atoms with E-state index in [1.165, 1.54) is 23.1 Å². The Morgan fingerprint density at radius 3 is 2.55 bits per heavy atom. The molecule has 154 valence electrons. The summed E-state index contributed by atoms with van der Waals surface area (Å²) >= 11 is 6.71. The molecule has 5 rings (SSSR count). The number of ether oxygens (including phenoxy) is 1. The molecule has 0 atom stereocenters. The molecule has 3 aliphatic rings. The van der Waals surface area contributed by atoms with Crippen LogP contribution in [0.2, 0.25) is 5.02 Å². The van der Waals surface area contributed by atoms with Gasteiger partial charge in [0.25, 0.3) is 0 Å². The van der Waals surface area contributed by atoms with Gasteiger partial charge in [-0.05, 0) is 48.4 Å². The van der Waals surface area contributed by atoms with Crippen molar-refractivity contribution in [1.29, 1.82) is 0 Å². The van der Waals surface area contributed by atoms with Crippen molar-refractivity contribution in [1.82, 2.24) is 4.90 Å². The zero-order valence-corrected chi connectivity index (χ0v) is 17.3. The van der Waals surface area contributed by atoms with Crippen LogP contribution in [0.1, 0.15) is 36.8 Å². The average molecular weight is 418 g/mol. The van der Waals surface area contributed by atoms with Gasteiger partial charge in [0.05, 0.1) is 11.6 Å². The van der Waals surface area contributed by atoms with E-state index in [0.717, 1.165) is 50.2 Å². The summed E-state index contributed by atoms with van der Waals surface area (Å²) < 4.78 is 32.2. The van der Waals surface area contributed by atoms with Gasteiger partial charge in [0.2, 0.25) is 5.92 Å². The van der Waals surface area contributed by atoms with E-state index in [9.17, 15) is 8.78 Å². The van der Waals surface area contributed by atoms with E-state index in [1.54, 1.807) is 0 Å². The third-order valence-corrected chi connectivity index (χ3v) is 7.05. The minimum Gasteiger partial charge on any atom is -0.492 e. The maximum absolute atomic E-state index is 13.1. The molecule has 0 radical (unpaired) electrons. The topological polar surface area (TPSA) is 12.5 Å². The average Bonchev–Trinajstić information content (AvgIpc) is 3.12. The van der Waals surface area contributed by atoms with E-state index in [2.05, 4.69) is 29.2 Å². The van der Waals surface area contributed by atoms with Crippen LogP contribution in [0.3, 0.4) is 0 Å². The number of benzene rings is 2. The zero-order valence-electron chi connectivity index (χ0n) is 16.5. The predicted octanol–water partition coefficient (Wildman–Crippen LogP) is 6.00. The van der Waals surface area contributed by atoms with E-state index in [-0.39, 0.29) is 18.3 Å². The first kappa shape index (κ1) is 19.3. The molecule has 2 aliphatic carbocycles. The second kappa shape index (κ2) is 7.24. The number of fused-ring (bicyclic) bond motifs is 1. The summed E-state index contributed by atoms with van der Waals surface area (Å²) in [6, 6.07) is 12.5. The molecule has 1 saturated heterocycles. The van der Waals surface area contributed by atoms with Crippen LogP contribution in [0.4, 0.5) is 8.78 Å². The van der Waals surface area contributed by atoms with Gasteiger partial charge in [-0.2, -0.15) is 0 Å². The SMILES string of the molecule is FC1(F)CC2(CN(CCCOc3cccc(-c4cccc5c4CCC5)c3Cl)C2)C1. The first-order chi connectivity index (χ1) is 13.9. The Kier molecular flexibility index (Phi) is 4.83. The van der Waals surface area contributed by atoms with Crippen molar-refractivity contribution in [3.63, 3.8) is 0 Å². The van der Waals surface area contributed by atoms with Crippen molar-refractivity contribution in [2.45, 2.75) is 44.4 Å². The van der Waals surface area contributed by atoms with Crippen LogP contribution in [-0.2, 0) is 12.8 Å². The van der Waals surface area contributed by atoms with Gasteiger partial charge in [-0.3, -0.25) is 0 Å². The first-order valence-corrected chi connectivity index (χ1v) is 11.0. The molecule has 5 heteroatoms. The Morgan fingerprint density at radius 2 is 1.76 bits per heavy atom. The van der Waals surface area contributed by atoms with Crippen LogP contribution in [0, 0.1) is 5.41 Å². The third kappa shape index (κ3) is 3.66. The van der Waals surface area contributed by atoms with Crippen LogP contribution in [0.15, 0.2) is 36.4 Å². The molecule has 0 amide bonds. The van der Waals surface area contributed by atoms with Crippen molar-refractivity contribution in [2.75, 3.05) is 26.2 Å². The summed E-state index contributed by atoms with van der Waals surface area (Å²) in [5, 5.41) is 0.674. The lowest BCUT2D eigenvalue weighted by atomic mass is 9.61. The van der Waals surface area contributed by atoms with Gasteiger partial charge < -0.3 is 9.64 Å². The monoisotopic (exact) mass is 417 g/mol. The highest BCUT2D eigenvalue weighted by molar-refractivity contribution is 6.34. The normalized spacial score (nSPS) is 21.5. The van der Waals surface area contributed by atoms with Crippen LogP contribution in [0.25, 0.3) is 11.1 Å². The number of halogens is 3. The molecule has 1 heterocycles. The summed E-state index contributed by atoms with van der Waals surface area (Å²) in [6.45, 7) is 3.07. The lowest BCUT2D eigenvalue weighted by Gasteiger charge is -2.58. The van der Waals surface area contributed by atoms with Gasteiger partial charge in [0.1, 0.15) is 5.75 Å². The Morgan fingerprint density at radius 1 is 1.00 bits per heavy atom. The van der Waals surface area contributed by atoms with Crippen LogP contribution in [-0.4, -0.2) is 37.1 Å². The second-order valence-corrected chi connectivity index (χ2v) is 9.41. The summed E-state index contributed by atoms with van der Waals surface area (Å²) in [5.41, 5.74) is 5.01. The first-order valence-electron chi connectivity index (χ1n) is 10.6. The fraction of sp³-hybridized carbons (Fsp3) is 0.500. The molecular weight excluding hydrogens is 392 g/mol. The molecule has 0 aromatic heterocycles. The predicted molar refractivity (Wildman–Crippen MR) is 112 cm³/mol. The van der Waals surface area contributed by atoms with Gasteiger partial charge >= 0.3 is 0 Å². The molecular formula is C24H26ClF2NO. The van der Waals surface area contributed by atoms with E-state index < -0.39 is 5.92 Å². The molecule has 0 bridgehead atoms. The van der Waals surface area contributed by atoms with Gasteiger partial charge in [-0.25, -0.2) is 8.78 Å². The molecule has 1 saturated carbocycles. The fourth-order valence-electron chi connectivity index (χ4n) is 5.50. The van der Waals surface area contributed by atoms with Gasteiger partial charge in [-0.1, -0.05) is 41.9 Å². The van der Waals surface area contributed by atoms with Crippen molar-refractivity contribution in [3.05, 3.63) is 52.5 Å². The fourth-order valence-corrected chi connectivity index (χ4v) is 5.78. The van der Waals surface area contributed by atoms with Gasteiger partial charge in [0.15, 0.2) is 0 Å². The van der Waals surface area contributed by atoms with Crippen molar-refractivity contribution >= 4 is 11.6 Å². The summed E-state index contributed by atoms with van der Waals surface area (Å²) in [7, 11) is 0. The molecule has 1 aliphatic heterocycles. The zero-order chi connectivity index (χ0) is 20.1. The molecule has 2 aromatic carbocycles. The Bertz CT molecular complexity index is 913. The number of aryl methyl sites for hydroxylation is 1. The summed E-state index contributed by atoms with van der Waals surface area (Å²) in [6.07, 6.45) is 4.46. The lowest BCUT2D eigenvalue weighted by molar-refractivity contribution is -0.213. The standard InChI is InChI=1S/C24H26ClF2NO/c25-22-20(19-8-2-6-17-5-1-7-18(17)19)9-3-10-21(22)29-12-4-11-28-15-23(16-28)13-24(26,27)14-23/h2-3,6,8-10H,1,4-5,7,11-16H2. The lowest BCUT2D eigenvalue weighted by Crippen LogP contribution is -2.65. The maximum Gasteiger partial charge on any atom is 0.249 e. The summed E-state index contributed by atoms with van der Waals surface area (Å²) in [5.74, 6) is -1.70. The number of likely N-dealkylation sites (tertiary alicyclic amines) is 1. The Labute approximate surface area is 175 Å². The van der Waals surface area contributed by atoms with Crippen molar-refractivity contribution in [3.8, 4) is 16.9 Å². The second-order valence-electron chi connectivity index (χ2n) is 9.04. The van der Waals surface area contributed by atoms with Crippen LogP contribution < -0.4 is 4.74 Å². The number of nitrogens with zero attached hydrogens (tertiary/aromatic N) is 1. The molecule has 0 unspecified atom stereocenters. The van der Waals surface area contributed by atoms with E-state index in [1.807, 2.05) is 12.1 Å². The van der Waals surface area contributed by atoms with Crippen molar-refractivity contribution < 1.29 is 13.5 Å². The molecule has 2 aromatic rings.